The summed E-state index contributed by atoms with van der Waals surface area (Å²) in [4.78, 5) is 2.56. The lowest BCUT2D eigenvalue weighted by Gasteiger charge is -2.41. The van der Waals surface area contributed by atoms with E-state index in [2.05, 4.69) is 60.6 Å². The average molecular weight is 247 g/mol. The van der Waals surface area contributed by atoms with Crippen LogP contribution in [0.2, 0.25) is 0 Å². The van der Waals surface area contributed by atoms with Crippen LogP contribution in [-0.4, -0.2) is 43.2 Å². The van der Waals surface area contributed by atoms with E-state index in [1.807, 2.05) is 0 Å². The highest BCUT2D eigenvalue weighted by Crippen LogP contribution is 2.17. The maximum absolute atomic E-state index is 3.56. The molecule has 0 atom stereocenters. The molecule has 1 aromatic carbocycles. The first-order chi connectivity index (χ1) is 8.58. The molecule has 0 spiro atoms. The topological polar surface area (TPSA) is 27.3 Å². The lowest BCUT2D eigenvalue weighted by Crippen LogP contribution is -2.56. The summed E-state index contributed by atoms with van der Waals surface area (Å²) in [6.07, 6.45) is 0. The summed E-state index contributed by atoms with van der Waals surface area (Å²) in [7, 11) is 0. The van der Waals surface area contributed by atoms with Crippen molar-refractivity contribution in [3.8, 4) is 0 Å². The van der Waals surface area contributed by atoms with Gasteiger partial charge in [0.05, 0.1) is 0 Å². The standard InChI is InChI=1S/C15H25N3/c1-13-5-4-6-14(11-13)17-12-15(2,3)18-9-7-16-8-10-18/h4-6,11,16-17H,7-10,12H2,1-3H3. The molecule has 0 radical (unpaired) electrons. The van der Waals surface area contributed by atoms with Crippen molar-refractivity contribution in [2.24, 2.45) is 0 Å². The van der Waals surface area contributed by atoms with Crippen molar-refractivity contribution in [3.63, 3.8) is 0 Å². The highest BCUT2D eigenvalue weighted by Gasteiger charge is 2.27. The largest absolute Gasteiger partial charge is 0.383 e. The second-order valence-electron chi connectivity index (χ2n) is 5.77. The lowest BCUT2D eigenvalue weighted by atomic mass is 10.0. The van der Waals surface area contributed by atoms with Crippen LogP contribution in [0.25, 0.3) is 0 Å². The Balaban J connectivity index is 1.91. The third kappa shape index (κ3) is 3.47. The third-order valence-electron chi connectivity index (χ3n) is 3.72. The van der Waals surface area contributed by atoms with E-state index < -0.39 is 0 Å². The van der Waals surface area contributed by atoms with Crippen molar-refractivity contribution in [3.05, 3.63) is 29.8 Å². The zero-order valence-electron chi connectivity index (χ0n) is 11.8. The molecular formula is C15H25N3. The molecule has 1 aromatic rings. The Morgan fingerprint density at radius 2 is 2.00 bits per heavy atom. The quantitative estimate of drug-likeness (QED) is 0.853. The van der Waals surface area contributed by atoms with Gasteiger partial charge in [-0.3, -0.25) is 4.90 Å². The average Bonchev–Trinajstić information content (AvgIpc) is 2.38. The zero-order valence-corrected chi connectivity index (χ0v) is 11.8. The van der Waals surface area contributed by atoms with Gasteiger partial charge in [-0.15, -0.1) is 0 Å². The molecule has 100 valence electrons. The molecule has 1 saturated heterocycles. The molecule has 0 aliphatic carbocycles. The van der Waals surface area contributed by atoms with Crippen molar-refractivity contribution in [2.45, 2.75) is 26.3 Å². The van der Waals surface area contributed by atoms with Gasteiger partial charge in [0, 0.05) is 44.0 Å². The second kappa shape index (κ2) is 5.72. The van der Waals surface area contributed by atoms with Crippen LogP contribution in [0.4, 0.5) is 5.69 Å². The predicted molar refractivity (Wildman–Crippen MR) is 78.2 cm³/mol. The third-order valence-corrected chi connectivity index (χ3v) is 3.72. The first-order valence-corrected chi connectivity index (χ1v) is 6.84. The Hall–Kier alpha value is -1.06. The summed E-state index contributed by atoms with van der Waals surface area (Å²) in [6, 6.07) is 8.58. The smallest absolute Gasteiger partial charge is 0.0343 e. The second-order valence-corrected chi connectivity index (χ2v) is 5.77. The molecule has 2 rings (SSSR count). The lowest BCUT2D eigenvalue weighted by molar-refractivity contribution is 0.114. The highest BCUT2D eigenvalue weighted by atomic mass is 15.2. The number of benzene rings is 1. The maximum atomic E-state index is 3.56. The van der Waals surface area contributed by atoms with E-state index >= 15 is 0 Å². The van der Waals surface area contributed by atoms with Crippen molar-refractivity contribution >= 4 is 5.69 Å². The summed E-state index contributed by atoms with van der Waals surface area (Å²) in [5.41, 5.74) is 2.73. The number of hydrogen-bond donors (Lipinski definition) is 2. The summed E-state index contributed by atoms with van der Waals surface area (Å²) in [5.74, 6) is 0. The van der Waals surface area contributed by atoms with Crippen LogP contribution < -0.4 is 10.6 Å². The van der Waals surface area contributed by atoms with Crippen LogP contribution in [0, 0.1) is 6.92 Å². The number of anilines is 1. The monoisotopic (exact) mass is 247 g/mol. The fourth-order valence-electron chi connectivity index (χ4n) is 2.46. The molecule has 18 heavy (non-hydrogen) atoms. The van der Waals surface area contributed by atoms with Crippen molar-refractivity contribution in [1.29, 1.82) is 0 Å². The zero-order chi connectivity index (χ0) is 13.0. The fraction of sp³-hybridized carbons (Fsp3) is 0.600. The van der Waals surface area contributed by atoms with Gasteiger partial charge in [-0.1, -0.05) is 12.1 Å². The molecular weight excluding hydrogens is 222 g/mol. The molecule has 3 heteroatoms. The number of nitrogens with zero attached hydrogens (tertiary/aromatic N) is 1. The van der Waals surface area contributed by atoms with Gasteiger partial charge in [0.15, 0.2) is 0 Å². The number of hydrogen-bond acceptors (Lipinski definition) is 3. The van der Waals surface area contributed by atoms with Crippen molar-refractivity contribution < 1.29 is 0 Å². The van der Waals surface area contributed by atoms with E-state index in [1.165, 1.54) is 11.3 Å². The van der Waals surface area contributed by atoms with Gasteiger partial charge < -0.3 is 10.6 Å². The minimum atomic E-state index is 0.200. The molecule has 0 unspecified atom stereocenters. The van der Waals surface area contributed by atoms with E-state index in [0.29, 0.717) is 0 Å². The summed E-state index contributed by atoms with van der Waals surface area (Å²) in [5, 5.41) is 6.97. The molecule has 1 aliphatic rings. The van der Waals surface area contributed by atoms with Gasteiger partial charge in [-0.25, -0.2) is 0 Å². The normalized spacial score (nSPS) is 17.7. The van der Waals surface area contributed by atoms with E-state index in [4.69, 9.17) is 0 Å². The Kier molecular flexibility index (Phi) is 4.25. The van der Waals surface area contributed by atoms with E-state index in [-0.39, 0.29) is 5.54 Å². The minimum absolute atomic E-state index is 0.200. The maximum Gasteiger partial charge on any atom is 0.0343 e. The van der Waals surface area contributed by atoms with Crippen molar-refractivity contribution in [2.75, 3.05) is 38.0 Å². The van der Waals surface area contributed by atoms with Crippen LogP contribution in [0.1, 0.15) is 19.4 Å². The Morgan fingerprint density at radius 3 is 2.67 bits per heavy atom. The van der Waals surface area contributed by atoms with Gasteiger partial charge >= 0.3 is 0 Å². The van der Waals surface area contributed by atoms with Crippen LogP contribution >= 0.6 is 0 Å². The van der Waals surface area contributed by atoms with Gasteiger partial charge in [0.1, 0.15) is 0 Å². The van der Waals surface area contributed by atoms with E-state index in [1.54, 1.807) is 0 Å². The van der Waals surface area contributed by atoms with Crippen LogP contribution in [0.5, 0.6) is 0 Å². The molecule has 0 bridgehead atoms. The van der Waals surface area contributed by atoms with Crippen LogP contribution in [0.15, 0.2) is 24.3 Å². The molecule has 0 aromatic heterocycles. The molecule has 1 fully saturated rings. The van der Waals surface area contributed by atoms with Gasteiger partial charge in [0.25, 0.3) is 0 Å². The Labute approximate surface area is 111 Å². The molecule has 1 aliphatic heterocycles. The predicted octanol–water partition coefficient (Wildman–Crippen LogP) is 2.09. The summed E-state index contributed by atoms with van der Waals surface area (Å²) >= 11 is 0. The highest BCUT2D eigenvalue weighted by molar-refractivity contribution is 5.45. The van der Waals surface area contributed by atoms with Gasteiger partial charge in [-0.05, 0) is 38.5 Å². The number of aryl methyl sites for hydroxylation is 1. The van der Waals surface area contributed by atoms with E-state index in [0.717, 1.165) is 32.7 Å². The number of piperazine rings is 1. The first kappa shape index (κ1) is 13.4. The van der Waals surface area contributed by atoms with Crippen molar-refractivity contribution in [1.82, 2.24) is 10.2 Å². The molecule has 2 N–H and O–H groups in total. The van der Waals surface area contributed by atoms with Gasteiger partial charge in [-0.2, -0.15) is 0 Å². The van der Waals surface area contributed by atoms with Crippen LogP contribution in [-0.2, 0) is 0 Å². The Morgan fingerprint density at radius 1 is 1.28 bits per heavy atom. The molecule has 0 amide bonds. The number of rotatable bonds is 4. The number of nitrogens with one attached hydrogen (secondary N) is 2. The minimum Gasteiger partial charge on any atom is -0.383 e. The molecule has 1 heterocycles. The SMILES string of the molecule is Cc1cccc(NCC(C)(C)N2CCNCC2)c1. The molecule has 3 nitrogen and oxygen atoms in total. The first-order valence-electron chi connectivity index (χ1n) is 6.84. The van der Waals surface area contributed by atoms with Crippen LogP contribution in [0.3, 0.4) is 0 Å². The summed E-state index contributed by atoms with van der Waals surface area (Å²) < 4.78 is 0. The fourth-order valence-corrected chi connectivity index (χ4v) is 2.46. The summed E-state index contributed by atoms with van der Waals surface area (Å²) in [6.45, 7) is 12.2. The molecule has 0 saturated carbocycles. The van der Waals surface area contributed by atoms with E-state index in [9.17, 15) is 0 Å². The Bertz CT molecular complexity index is 381. The van der Waals surface area contributed by atoms with Gasteiger partial charge in [0.2, 0.25) is 0 Å².